The first-order valence-corrected chi connectivity index (χ1v) is 8.08. The molecule has 2 aliphatic heterocycles. The smallest absolute Gasteiger partial charge is 0.391 e. The number of carbonyl (C=O) groups excluding carboxylic acids is 2. The predicted octanol–water partition coefficient (Wildman–Crippen LogP) is 1.82. The molecule has 0 spiro atoms. The number of amides is 2. The van der Waals surface area contributed by atoms with E-state index in [4.69, 9.17) is 0 Å². The van der Waals surface area contributed by atoms with E-state index in [0.29, 0.717) is 18.7 Å². The van der Waals surface area contributed by atoms with Crippen LogP contribution >= 0.6 is 0 Å². The van der Waals surface area contributed by atoms with Crippen molar-refractivity contribution in [3.63, 3.8) is 0 Å². The number of benzene rings is 1. The van der Waals surface area contributed by atoms with Gasteiger partial charge in [0.25, 0.3) is 0 Å². The highest BCUT2D eigenvalue weighted by atomic mass is 19.4. The molecule has 1 aromatic rings. The van der Waals surface area contributed by atoms with Gasteiger partial charge in [0.15, 0.2) is 0 Å². The molecule has 136 valence electrons. The van der Waals surface area contributed by atoms with Crippen LogP contribution in [0.4, 0.5) is 13.2 Å². The lowest BCUT2D eigenvalue weighted by molar-refractivity contribution is -0.148. The van der Waals surface area contributed by atoms with E-state index in [0.717, 1.165) is 12.1 Å². The van der Waals surface area contributed by atoms with Gasteiger partial charge in [0.05, 0.1) is 23.6 Å². The molecule has 0 bridgehead atoms. The number of β-amino-alcohol motifs (C(OH)–C–C–N with tert-alkyl or cyclic N) is 1. The third-order valence-electron chi connectivity index (χ3n) is 4.84. The van der Waals surface area contributed by atoms with Crippen LogP contribution in [0.15, 0.2) is 24.3 Å². The fourth-order valence-corrected chi connectivity index (χ4v) is 3.42. The van der Waals surface area contributed by atoms with E-state index >= 15 is 0 Å². The average molecular weight is 356 g/mol. The minimum Gasteiger partial charge on any atom is -0.391 e. The third-order valence-corrected chi connectivity index (χ3v) is 4.84. The molecule has 0 aliphatic carbocycles. The van der Waals surface area contributed by atoms with E-state index in [1.807, 2.05) is 0 Å². The Labute approximate surface area is 143 Å². The highest BCUT2D eigenvalue weighted by Gasteiger charge is 2.43. The van der Waals surface area contributed by atoms with Crippen molar-refractivity contribution in [1.29, 1.82) is 0 Å². The lowest BCUT2D eigenvalue weighted by atomic mass is 9.96. The number of hydrogen-bond acceptors (Lipinski definition) is 3. The van der Waals surface area contributed by atoms with Crippen LogP contribution < -0.4 is 0 Å². The van der Waals surface area contributed by atoms with Crippen LogP contribution in [-0.4, -0.2) is 52.5 Å². The highest BCUT2D eigenvalue weighted by Crippen LogP contribution is 2.37. The zero-order valence-electron chi connectivity index (χ0n) is 13.7. The first-order valence-electron chi connectivity index (χ1n) is 8.08. The molecule has 2 aliphatic rings. The maximum atomic E-state index is 12.9. The summed E-state index contributed by atoms with van der Waals surface area (Å²) in [6, 6.07) is 4.28. The first kappa shape index (κ1) is 17.7. The molecule has 5 nitrogen and oxygen atoms in total. The van der Waals surface area contributed by atoms with Gasteiger partial charge in [-0.25, -0.2) is 0 Å². The summed E-state index contributed by atoms with van der Waals surface area (Å²) in [5.74, 6) is -0.695. The minimum absolute atomic E-state index is 0.0936. The Morgan fingerprint density at radius 2 is 1.88 bits per heavy atom. The van der Waals surface area contributed by atoms with Crippen molar-refractivity contribution in [2.75, 3.05) is 19.6 Å². The van der Waals surface area contributed by atoms with E-state index in [9.17, 15) is 27.9 Å². The number of carbonyl (C=O) groups is 2. The fourth-order valence-electron chi connectivity index (χ4n) is 3.42. The summed E-state index contributed by atoms with van der Waals surface area (Å²) in [5.41, 5.74) is -0.410. The molecule has 0 saturated carbocycles. The summed E-state index contributed by atoms with van der Waals surface area (Å²) < 4.78 is 38.8. The van der Waals surface area contributed by atoms with Crippen molar-refractivity contribution in [2.45, 2.75) is 31.7 Å². The largest absolute Gasteiger partial charge is 0.416 e. The summed E-state index contributed by atoms with van der Waals surface area (Å²) in [4.78, 5) is 26.9. The van der Waals surface area contributed by atoms with Gasteiger partial charge in [0.2, 0.25) is 11.8 Å². The Bertz CT molecular complexity index is 686. The summed E-state index contributed by atoms with van der Waals surface area (Å²) in [6.45, 7) is 2.15. The summed E-state index contributed by atoms with van der Waals surface area (Å²) in [5, 5.41) is 9.94. The van der Waals surface area contributed by atoms with Crippen molar-refractivity contribution in [3.8, 4) is 0 Å². The van der Waals surface area contributed by atoms with Crippen LogP contribution in [0, 0.1) is 5.92 Å². The van der Waals surface area contributed by atoms with Gasteiger partial charge in [-0.05, 0) is 24.1 Å². The maximum Gasteiger partial charge on any atom is 0.416 e. The van der Waals surface area contributed by atoms with Crippen molar-refractivity contribution >= 4 is 11.8 Å². The molecular weight excluding hydrogens is 337 g/mol. The molecule has 25 heavy (non-hydrogen) atoms. The second-order valence-corrected chi connectivity index (χ2v) is 6.64. The number of aliphatic hydroxyl groups excluding tert-OH is 1. The van der Waals surface area contributed by atoms with Crippen molar-refractivity contribution in [2.24, 2.45) is 5.92 Å². The van der Waals surface area contributed by atoms with Gasteiger partial charge in [-0.1, -0.05) is 12.1 Å². The molecule has 1 N–H and O–H groups in total. The molecule has 1 aromatic carbocycles. The second-order valence-electron chi connectivity index (χ2n) is 6.64. The van der Waals surface area contributed by atoms with Crippen molar-refractivity contribution in [1.82, 2.24) is 9.80 Å². The van der Waals surface area contributed by atoms with E-state index in [1.165, 1.54) is 22.8 Å². The molecular formula is C17H19F3N2O3. The van der Waals surface area contributed by atoms with Gasteiger partial charge in [0, 0.05) is 26.6 Å². The van der Waals surface area contributed by atoms with Gasteiger partial charge < -0.3 is 14.9 Å². The molecule has 2 saturated heterocycles. The van der Waals surface area contributed by atoms with Crippen LogP contribution in [0.2, 0.25) is 0 Å². The van der Waals surface area contributed by atoms with E-state index < -0.39 is 23.9 Å². The molecule has 2 atom stereocenters. The Morgan fingerprint density at radius 3 is 2.48 bits per heavy atom. The summed E-state index contributed by atoms with van der Waals surface area (Å²) in [6.07, 6.45) is -5.03. The van der Waals surface area contributed by atoms with E-state index in [2.05, 4.69) is 0 Å². The van der Waals surface area contributed by atoms with Gasteiger partial charge in [-0.3, -0.25) is 9.59 Å². The average Bonchev–Trinajstić information content (AvgIpc) is 2.86. The quantitative estimate of drug-likeness (QED) is 0.879. The lowest BCUT2D eigenvalue weighted by Crippen LogP contribution is -2.55. The fraction of sp³-hybridized carbons (Fsp3) is 0.529. The number of aliphatic hydroxyl groups is 1. The molecule has 0 aromatic heterocycles. The lowest BCUT2D eigenvalue weighted by Gasteiger charge is -2.40. The van der Waals surface area contributed by atoms with Crippen LogP contribution in [0.25, 0.3) is 0 Å². The molecule has 2 amide bonds. The molecule has 2 fully saturated rings. The van der Waals surface area contributed by atoms with E-state index in [-0.39, 0.29) is 30.7 Å². The van der Waals surface area contributed by atoms with Crippen LogP contribution in [-0.2, 0) is 15.8 Å². The van der Waals surface area contributed by atoms with E-state index in [1.54, 1.807) is 6.07 Å². The number of nitrogens with zero attached hydrogens (tertiary/aromatic N) is 2. The molecule has 0 radical (unpaired) electrons. The topological polar surface area (TPSA) is 60.9 Å². The van der Waals surface area contributed by atoms with Crippen molar-refractivity contribution in [3.05, 3.63) is 35.4 Å². The van der Waals surface area contributed by atoms with Crippen LogP contribution in [0.3, 0.4) is 0 Å². The first-order chi connectivity index (χ1) is 11.7. The number of rotatable bonds is 2. The highest BCUT2D eigenvalue weighted by molar-refractivity contribution is 5.84. The number of likely N-dealkylation sites (tertiary alicyclic amines) is 2. The maximum absolute atomic E-state index is 12.9. The summed E-state index contributed by atoms with van der Waals surface area (Å²) >= 11 is 0. The third kappa shape index (κ3) is 3.49. The Hall–Kier alpha value is -2.09. The van der Waals surface area contributed by atoms with Gasteiger partial charge >= 0.3 is 6.18 Å². The molecule has 2 heterocycles. The SMILES string of the molecule is CC(=O)N1CC(C(=O)N2C[C@H](O)C[C@H]2c2cccc(C(F)(F)F)c2)C1. The van der Waals surface area contributed by atoms with Crippen LogP contribution in [0.5, 0.6) is 0 Å². The monoisotopic (exact) mass is 356 g/mol. The Balaban J connectivity index is 1.79. The standard InChI is InChI=1S/C17H19F3N2O3/c1-10(23)21-7-12(8-21)16(25)22-9-14(24)6-15(22)11-3-2-4-13(5-11)17(18,19)20/h2-5,12,14-15,24H,6-9H2,1H3/t14-,15+/m1/s1. The Kier molecular flexibility index (Phi) is 4.49. The number of alkyl halides is 3. The van der Waals surface area contributed by atoms with Gasteiger partial charge in [0.1, 0.15) is 0 Å². The Morgan fingerprint density at radius 1 is 1.20 bits per heavy atom. The number of hydrogen-bond donors (Lipinski definition) is 1. The predicted molar refractivity (Wildman–Crippen MR) is 82.3 cm³/mol. The van der Waals surface area contributed by atoms with Crippen molar-refractivity contribution < 1.29 is 27.9 Å². The van der Waals surface area contributed by atoms with Gasteiger partial charge in [-0.15, -0.1) is 0 Å². The normalized spacial score (nSPS) is 24.4. The molecule has 0 unspecified atom stereocenters. The van der Waals surface area contributed by atoms with Gasteiger partial charge in [-0.2, -0.15) is 13.2 Å². The minimum atomic E-state index is -4.46. The van der Waals surface area contributed by atoms with Crippen LogP contribution in [0.1, 0.15) is 30.5 Å². The molecule has 3 rings (SSSR count). The molecule has 8 heteroatoms. The number of halogens is 3. The summed E-state index contributed by atoms with van der Waals surface area (Å²) in [7, 11) is 0. The zero-order chi connectivity index (χ0) is 18.4. The zero-order valence-corrected chi connectivity index (χ0v) is 13.7. The second kappa shape index (κ2) is 6.33.